The van der Waals surface area contributed by atoms with Gasteiger partial charge in [-0.1, -0.05) is 37.3 Å². The minimum Gasteiger partial charge on any atom is -0.480 e. The van der Waals surface area contributed by atoms with E-state index in [0.29, 0.717) is 12.1 Å². The molecule has 2 N–H and O–H groups in total. The van der Waals surface area contributed by atoms with Crippen LogP contribution >= 0.6 is 0 Å². The van der Waals surface area contributed by atoms with Crippen LogP contribution in [0.5, 0.6) is 0 Å². The van der Waals surface area contributed by atoms with Gasteiger partial charge >= 0.3 is 12.0 Å². The van der Waals surface area contributed by atoms with E-state index in [2.05, 4.69) is 5.32 Å². The van der Waals surface area contributed by atoms with Crippen molar-refractivity contribution in [3.05, 3.63) is 42.5 Å². The Balaban J connectivity index is 2.15. The van der Waals surface area contributed by atoms with Crippen LogP contribution < -0.4 is 5.32 Å². The molecule has 2 aromatic carbocycles. The van der Waals surface area contributed by atoms with E-state index < -0.39 is 18.0 Å². The standard InChI is InChI=1S/C16H18N2O3/c1-3-14(15(19)20)18(2)16(21)17-13-9-8-11-6-4-5-7-12(11)10-13/h4-10,14H,3H2,1-2H3,(H,17,21)(H,19,20). The summed E-state index contributed by atoms with van der Waals surface area (Å²) in [7, 11) is 1.48. The van der Waals surface area contributed by atoms with Crippen LogP contribution in [-0.4, -0.2) is 35.1 Å². The fraction of sp³-hybridized carbons (Fsp3) is 0.250. The van der Waals surface area contributed by atoms with Crippen molar-refractivity contribution in [2.24, 2.45) is 0 Å². The third kappa shape index (κ3) is 3.31. The molecule has 2 aromatic rings. The summed E-state index contributed by atoms with van der Waals surface area (Å²) < 4.78 is 0. The zero-order valence-corrected chi connectivity index (χ0v) is 12.0. The number of carbonyl (C=O) groups is 2. The minimum atomic E-state index is -1.01. The van der Waals surface area contributed by atoms with Crippen molar-refractivity contribution < 1.29 is 14.7 Å². The molecule has 2 rings (SSSR count). The molecule has 0 aromatic heterocycles. The predicted octanol–water partition coefficient (Wildman–Crippen LogP) is 3.17. The molecule has 0 aliphatic carbocycles. The molecule has 0 radical (unpaired) electrons. The number of nitrogens with one attached hydrogen (secondary N) is 1. The number of fused-ring (bicyclic) bond motifs is 1. The maximum Gasteiger partial charge on any atom is 0.326 e. The molecule has 5 heteroatoms. The largest absolute Gasteiger partial charge is 0.480 e. The van der Waals surface area contributed by atoms with Crippen molar-refractivity contribution in [2.75, 3.05) is 12.4 Å². The number of anilines is 1. The highest BCUT2D eigenvalue weighted by Crippen LogP contribution is 2.19. The number of aliphatic carboxylic acids is 1. The molecule has 0 spiro atoms. The van der Waals surface area contributed by atoms with E-state index in [-0.39, 0.29) is 0 Å². The number of likely N-dealkylation sites (N-methyl/N-ethyl adjacent to an activating group) is 1. The average molecular weight is 286 g/mol. The van der Waals surface area contributed by atoms with E-state index in [0.717, 1.165) is 10.8 Å². The lowest BCUT2D eigenvalue weighted by Gasteiger charge is -2.24. The van der Waals surface area contributed by atoms with Crippen LogP contribution in [0.15, 0.2) is 42.5 Å². The van der Waals surface area contributed by atoms with E-state index in [1.165, 1.54) is 11.9 Å². The van der Waals surface area contributed by atoms with E-state index in [9.17, 15) is 9.59 Å². The Morgan fingerprint density at radius 3 is 2.48 bits per heavy atom. The lowest BCUT2D eigenvalue weighted by atomic mass is 10.1. The molecule has 0 aliphatic rings. The molecule has 21 heavy (non-hydrogen) atoms. The number of hydrogen-bond acceptors (Lipinski definition) is 2. The van der Waals surface area contributed by atoms with Crippen molar-refractivity contribution in [1.82, 2.24) is 4.90 Å². The second kappa shape index (κ2) is 6.26. The number of hydrogen-bond donors (Lipinski definition) is 2. The summed E-state index contributed by atoms with van der Waals surface area (Å²) in [5.74, 6) is -1.01. The van der Waals surface area contributed by atoms with Gasteiger partial charge in [-0.2, -0.15) is 0 Å². The Bertz CT molecular complexity index is 669. The van der Waals surface area contributed by atoms with Gasteiger partial charge < -0.3 is 15.3 Å². The second-order valence-corrected chi connectivity index (χ2v) is 4.87. The summed E-state index contributed by atoms with van der Waals surface area (Å²) in [6.45, 7) is 1.73. The highest BCUT2D eigenvalue weighted by atomic mass is 16.4. The van der Waals surface area contributed by atoms with Gasteiger partial charge in [-0.05, 0) is 29.3 Å². The van der Waals surface area contributed by atoms with Gasteiger partial charge in [0, 0.05) is 12.7 Å². The fourth-order valence-corrected chi connectivity index (χ4v) is 2.23. The normalized spacial score (nSPS) is 11.9. The van der Waals surface area contributed by atoms with Gasteiger partial charge in [-0.25, -0.2) is 9.59 Å². The maximum absolute atomic E-state index is 12.1. The molecule has 0 saturated carbocycles. The number of rotatable bonds is 4. The van der Waals surface area contributed by atoms with Crippen molar-refractivity contribution in [2.45, 2.75) is 19.4 Å². The third-order valence-corrected chi connectivity index (χ3v) is 3.46. The number of carboxylic acid groups (broad SMARTS) is 1. The van der Waals surface area contributed by atoms with Gasteiger partial charge in [0.2, 0.25) is 0 Å². The zero-order chi connectivity index (χ0) is 15.4. The number of carbonyl (C=O) groups excluding carboxylic acids is 1. The van der Waals surface area contributed by atoms with E-state index in [4.69, 9.17) is 5.11 Å². The Labute approximate surface area is 123 Å². The van der Waals surface area contributed by atoms with Crippen molar-refractivity contribution in [3.63, 3.8) is 0 Å². The summed E-state index contributed by atoms with van der Waals surface area (Å²) in [6, 6.07) is 12.2. The van der Waals surface area contributed by atoms with Crippen molar-refractivity contribution >= 4 is 28.5 Å². The number of nitrogens with zero attached hydrogens (tertiary/aromatic N) is 1. The predicted molar refractivity (Wildman–Crippen MR) is 82.4 cm³/mol. The van der Waals surface area contributed by atoms with E-state index in [1.807, 2.05) is 36.4 Å². The van der Waals surface area contributed by atoms with Crippen LogP contribution in [0.4, 0.5) is 10.5 Å². The first-order valence-corrected chi connectivity index (χ1v) is 6.78. The first-order chi connectivity index (χ1) is 10.0. The monoisotopic (exact) mass is 286 g/mol. The number of amides is 2. The smallest absolute Gasteiger partial charge is 0.326 e. The molecule has 0 bridgehead atoms. The van der Waals surface area contributed by atoms with E-state index in [1.54, 1.807) is 13.0 Å². The SMILES string of the molecule is CCC(C(=O)O)N(C)C(=O)Nc1ccc2ccccc2c1. The molecular weight excluding hydrogens is 268 g/mol. The molecule has 110 valence electrons. The molecule has 0 saturated heterocycles. The molecule has 0 aliphatic heterocycles. The van der Waals surface area contributed by atoms with Gasteiger partial charge in [-0.3, -0.25) is 0 Å². The quantitative estimate of drug-likeness (QED) is 0.907. The number of benzene rings is 2. The highest BCUT2D eigenvalue weighted by Gasteiger charge is 2.24. The van der Waals surface area contributed by atoms with Crippen LogP contribution in [0.2, 0.25) is 0 Å². The Kier molecular flexibility index (Phi) is 4.42. The van der Waals surface area contributed by atoms with Crippen LogP contribution in [0, 0.1) is 0 Å². The average Bonchev–Trinajstić information content (AvgIpc) is 2.47. The Hall–Kier alpha value is -2.56. The van der Waals surface area contributed by atoms with Crippen LogP contribution in [0.3, 0.4) is 0 Å². The Morgan fingerprint density at radius 1 is 1.19 bits per heavy atom. The second-order valence-electron chi connectivity index (χ2n) is 4.87. The topological polar surface area (TPSA) is 69.6 Å². The highest BCUT2D eigenvalue weighted by molar-refractivity contribution is 5.95. The summed E-state index contributed by atoms with van der Waals surface area (Å²) in [6.07, 6.45) is 0.358. The van der Waals surface area contributed by atoms with Crippen LogP contribution in [0.1, 0.15) is 13.3 Å². The molecule has 5 nitrogen and oxygen atoms in total. The van der Waals surface area contributed by atoms with Crippen LogP contribution in [-0.2, 0) is 4.79 Å². The molecule has 1 atom stereocenters. The first-order valence-electron chi connectivity index (χ1n) is 6.78. The number of carboxylic acids is 1. The molecule has 2 amide bonds. The summed E-state index contributed by atoms with van der Waals surface area (Å²) in [5.41, 5.74) is 0.644. The fourth-order valence-electron chi connectivity index (χ4n) is 2.23. The summed E-state index contributed by atoms with van der Waals surface area (Å²) >= 11 is 0. The lowest BCUT2D eigenvalue weighted by Crippen LogP contribution is -2.44. The summed E-state index contributed by atoms with van der Waals surface area (Å²) in [5, 5.41) is 13.9. The Morgan fingerprint density at radius 2 is 1.86 bits per heavy atom. The third-order valence-electron chi connectivity index (χ3n) is 3.46. The maximum atomic E-state index is 12.1. The molecule has 0 fully saturated rings. The molecular formula is C16H18N2O3. The summed E-state index contributed by atoms with van der Waals surface area (Å²) in [4.78, 5) is 24.4. The zero-order valence-electron chi connectivity index (χ0n) is 12.0. The van der Waals surface area contributed by atoms with Gasteiger partial charge in [0.05, 0.1) is 0 Å². The minimum absolute atomic E-state index is 0.358. The van der Waals surface area contributed by atoms with Crippen molar-refractivity contribution in [1.29, 1.82) is 0 Å². The van der Waals surface area contributed by atoms with Gasteiger partial charge in [0.25, 0.3) is 0 Å². The lowest BCUT2D eigenvalue weighted by molar-refractivity contribution is -0.141. The van der Waals surface area contributed by atoms with Gasteiger partial charge in [0.1, 0.15) is 6.04 Å². The first kappa shape index (κ1) is 14.8. The van der Waals surface area contributed by atoms with Crippen LogP contribution in [0.25, 0.3) is 10.8 Å². The van der Waals surface area contributed by atoms with E-state index >= 15 is 0 Å². The van der Waals surface area contributed by atoms with Gasteiger partial charge in [-0.15, -0.1) is 0 Å². The molecule has 1 unspecified atom stereocenters. The van der Waals surface area contributed by atoms with Crippen molar-refractivity contribution in [3.8, 4) is 0 Å². The van der Waals surface area contributed by atoms with Gasteiger partial charge in [0.15, 0.2) is 0 Å². The molecule has 0 heterocycles. The number of urea groups is 1.